The van der Waals surface area contributed by atoms with Crippen LogP contribution in [0.15, 0.2) is 24.7 Å². The Hall–Kier alpha value is -2.50. The van der Waals surface area contributed by atoms with Crippen molar-refractivity contribution in [1.29, 1.82) is 0 Å². The van der Waals surface area contributed by atoms with Crippen LogP contribution in [0.1, 0.15) is 48.2 Å². The maximum absolute atomic E-state index is 4.61. The van der Waals surface area contributed by atoms with E-state index in [4.69, 9.17) is 0 Å². The number of hydrogen-bond acceptors (Lipinski definition) is 5. The van der Waals surface area contributed by atoms with Gasteiger partial charge in [-0.05, 0) is 50.8 Å². The summed E-state index contributed by atoms with van der Waals surface area (Å²) in [5.41, 5.74) is 6.48. The molecule has 124 valence electrons. The summed E-state index contributed by atoms with van der Waals surface area (Å²) in [6.45, 7) is 6.37. The van der Waals surface area contributed by atoms with Crippen LogP contribution in [-0.4, -0.2) is 30.8 Å². The Kier molecular flexibility index (Phi) is 3.67. The summed E-state index contributed by atoms with van der Waals surface area (Å²) in [4.78, 5) is 4.58. The molecule has 0 spiro atoms. The second-order valence-electron chi connectivity index (χ2n) is 6.88. The number of anilines is 1. The van der Waals surface area contributed by atoms with Gasteiger partial charge in [-0.25, -0.2) is 0 Å². The van der Waals surface area contributed by atoms with Crippen LogP contribution in [0.5, 0.6) is 0 Å². The van der Waals surface area contributed by atoms with Gasteiger partial charge in [0.15, 0.2) is 0 Å². The number of aromatic nitrogens is 5. The van der Waals surface area contributed by atoms with Gasteiger partial charge in [-0.3, -0.25) is 4.98 Å². The average Bonchev–Trinajstić information content (AvgIpc) is 3.28. The van der Waals surface area contributed by atoms with Crippen molar-refractivity contribution >= 4 is 11.3 Å². The summed E-state index contributed by atoms with van der Waals surface area (Å²) in [6.07, 6.45) is 6.92. The van der Waals surface area contributed by atoms with Gasteiger partial charge >= 0.3 is 0 Å². The lowest BCUT2D eigenvalue weighted by Crippen LogP contribution is -2.20. The lowest BCUT2D eigenvalue weighted by molar-refractivity contribution is 0.759. The molecule has 3 aromatic rings. The zero-order valence-corrected chi connectivity index (χ0v) is 14.3. The van der Waals surface area contributed by atoms with E-state index in [-0.39, 0.29) is 6.04 Å². The lowest BCUT2D eigenvalue weighted by Gasteiger charge is -2.17. The van der Waals surface area contributed by atoms with Gasteiger partial charge < -0.3 is 5.32 Å². The first-order chi connectivity index (χ1) is 11.6. The van der Waals surface area contributed by atoms with E-state index in [0.29, 0.717) is 5.92 Å². The molecule has 6 nitrogen and oxygen atoms in total. The highest BCUT2D eigenvalue weighted by Crippen LogP contribution is 2.40. The van der Waals surface area contributed by atoms with Crippen LogP contribution in [0.2, 0.25) is 0 Å². The van der Waals surface area contributed by atoms with Crippen molar-refractivity contribution in [3.63, 3.8) is 0 Å². The molecule has 24 heavy (non-hydrogen) atoms. The molecule has 1 atom stereocenters. The number of fused-ring (bicyclic) bond motifs is 1. The fourth-order valence-corrected chi connectivity index (χ4v) is 3.09. The Labute approximate surface area is 141 Å². The van der Waals surface area contributed by atoms with Crippen LogP contribution < -0.4 is 5.32 Å². The highest BCUT2D eigenvalue weighted by molar-refractivity contribution is 5.67. The molecule has 6 heteroatoms. The normalized spacial score (nSPS) is 15.6. The third-order valence-corrected chi connectivity index (χ3v) is 4.51. The third kappa shape index (κ3) is 2.96. The van der Waals surface area contributed by atoms with Crippen molar-refractivity contribution in [2.24, 2.45) is 0 Å². The smallest absolute Gasteiger partial charge is 0.200 e. The quantitative estimate of drug-likeness (QED) is 0.782. The van der Waals surface area contributed by atoms with Gasteiger partial charge in [-0.15, -0.1) is 10.2 Å². The Bertz CT molecular complexity index is 880. The van der Waals surface area contributed by atoms with Gasteiger partial charge in [0.25, 0.3) is 0 Å². The van der Waals surface area contributed by atoms with Gasteiger partial charge in [-0.1, -0.05) is 6.07 Å². The summed E-state index contributed by atoms with van der Waals surface area (Å²) >= 11 is 0. The second kappa shape index (κ2) is 5.85. The minimum absolute atomic E-state index is 0.244. The number of nitrogens with one attached hydrogen (secondary N) is 1. The summed E-state index contributed by atoms with van der Waals surface area (Å²) in [5.74, 6) is 0.591. The fraction of sp³-hybridized carbons (Fsp3) is 0.444. The molecule has 1 saturated carbocycles. The van der Waals surface area contributed by atoms with Crippen LogP contribution in [0.25, 0.3) is 5.65 Å². The van der Waals surface area contributed by atoms with Crippen molar-refractivity contribution in [3.8, 4) is 0 Å². The van der Waals surface area contributed by atoms with Gasteiger partial charge in [0.1, 0.15) is 6.33 Å². The van der Waals surface area contributed by atoms with Crippen LogP contribution in [-0.2, 0) is 6.42 Å². The fourth-order valence-electron chi connectivity index (χ4n) is 3.09. The summed E-state index contributed by atoms with van der Waals surface area (Å²) in [6, 6.07) is 4.56. The monoisotopic (exact) mass is 322 g/mol. The number of nitrogens with zero attached hydrogens (tertiary/aromatic N) is 5. The molecule has 0 amide bonds. The second-order valence-corrected chi connectivity index (χ2v) is 6.88. The highest BCUT2D eigenvalue weighted by atomic mass is 15.3. The molecule has 0 aromatic carbocycles. The zero-order chi connectivity index (χ0) is 16.7. The highest BCUT2D eigenvalue weighted by Gasteiger charge is 2.27. The van der Waals surface area contributed by atoms with E-state index in [2.05, 4.69) is 58.5 Å². The predicted molar refractivity (Wildman–Crippen MR) is 93.3 cm³/mol. The Balaban J connectivity index is 1.57. The zero-order valence-electron chi connectivity index (χ0n) is 14.3. The number of rotatable bonds is 5. The summed E-state index contributed by atoms with van der Waals surface area (Å²) < 4.78 is 1.78. The standard InChI is InChI=1S/C18H22N6/c1-11-6-12(2)15(19-9-11)7-13(3)21-17-8-16(14-4-5-14)23-24-10-20-22-18(17)24/h6,8-10,13-14,21H,4-5,7H2,1-3H3. The molecule has 1 aliphatic carbocycles. The van der Waals surface area contributed by atoms with Crippen LogP contribution >= 0.6 is 0 Å². The number of aryl methyl sites for hydroxylation is 2. The maximum atomic E-state index is 4.61. The van der Waals surface area contributed by atoms with Crippen molar-refractivity contribution in [1.82, 2.24) is 24.8 Å². The van der Waals surface area contributed by atoms with Gasteiger partial charge in [0, 0.05) is 30.3 Å². The van der Waals surface area contributed by atoms with E-state index in [1.54, 1.807) is 10.8 Å². The lowest BCUT2D eigenvalue weighted by atomic mass is 10.1. The van der Waals surface area contributed by atoms with Crippen molar-refractivity contribution in [2.45, 2.75) is 52.0 Å². The number of hydrogen-bond donors (Lipinski definition) is 1. The molecule has 1 unspecified atom stereocenters. The maximum Gasteiger partial charge on any atom is 0.200 e. The Morgan fingerprint density at radius 1 is 1.29 bits per heavy atom. The minimum atomic E-state index is 0.244. The van der Waals surface area contributed by atoms with E-state index >= 15 is 0 Å². The molecule has 1 N–H and O–H groups in total. The van der Waals surface area contributed by atoms with Crippen molar-refractivity contribution in [3.05, 3.63) is 47.2 Å². The SMILES string of the molecule is Cc1cnc(CC(C)Nc2cc(C3CC3)nn3cnnc23)c(C)c1. The van der Waals surface area contributed by atoms with Crippen molar-refractivity contribution < 1.29 is 0 Å². The molecule has 3 aromatic heterocycles. The van der Waals surface area contributed by atoms with E-state index in [1.165, 1.54) is 24.0 Å². The van der Waals surface area contributed by atoms with E-state index < -0.39 is 0 Å². The Morgan fingerprint density at radius 3 is 2.88 bits per heavy atom. The van der Waals surface area contributed by atoms with E-state index in [1.807, 2.05) is 6.20 Å². The summed E-state index contributed by atoms with van der Waals surface area (Å²) in [7, 11) is 0. The largest absolute Gasteiger partial charge is 0.379 e. The predicted octanol–water partition coefficient (Wildman–Crippen LogP) is 3.06. The molecule has 0 bridgehead atoms. The van der Waals surface area contributed by atoms with Gasteiger partial charge in [-0.2, -0.15) is 9.61 Å². The molecule has 4 rings (SSSR count). The minimum Gasteiger partial charge on any atom is -0.379 e. The molecule has 0 aliphatic heterocycles. The first-order valence-corrected chi connectivity index (χ1v) is 8.50. The van der Waals surface area contributed by atoms with E-state index in [9.17, 15) is 0 Å². The first-order valence-electron chi connectivity index (χ1n) is 8.50. The first kappa shape index (κ1) is 15.1. The molecule has 0 saturated heterocycles. The van der Waals surface area contributed by atoms with Gasteiger partial charge in [0.2, 0.25) is 5.65 Å². The van der Waals surface area contributed by atoms with Crippen LogP contribution in [0.4, 0.5) is 5.69 Å². The Morgan fingerprint density at radius 2 is 2.12 bits per heavy atom. The third-order valence-electron chi connectivity index (χ3n) is 4.51. The molecule has 3 heterocycles. The topological polar surface area (TPSA) is 68.0 Å². The number of pyridine rings is 1. The summed E-state index contributed by atoms with van der Waals surface area (Å²) in [5, 5.41) is 16.4. The molecule has 1 aliphatic rings. The molecule has 1 fully saturated rings. The molecular formula is C18H22N6. The molecular weight excluding hydrogens is 300 g/mol. The van der Waals surface area contributed by atoms with Crippen LogP contribution in [0.3, 0.4) is 0 Å². The van der Waals surface area contributed by atoms with Crippen LogP contribution in [0, 0.1) is 13.8 Å². The average molecular weight is 322 g/mol. The molecule has 0 radical (unpaired) electrons. The van der Waals surface area contributed by atoms with Gasteiger partial charge in [0.05, 0.1) is 11.4 Å². The van der Waals surface area contributed by atoms with E-state index in [0.717, 1.165) is 29.1 Å². The van der Waals surface area contributed by atoms with Crippen molar-refractivity contribution in [2.75, 3.05) is 5.32 Å².